The molecule has 144 valence electrons. The van der Waals surface area contributed by atoms with Crippen molar-refractivity contribution in [2.45, 2.75) is 30.2 Å². The summed E-state index contributed by atoms with van der Waals surface area (Å²) in [5.41, 5.74) is 1.04. The zero-order valence-electron chi connectivity index (χ0n) is 14.8. The molecule has 0 bridgehead atoms. The quantitative estimate of drug-likeness (QED) is 0.716. The maximum Gasteiger partial charge on any atom is 0.251 e. The second-order valence-electron chi connectivity index (χ2n) is 6.32. The highest BCUT2D eigenvalue weighted by molar-refractivity contribution is 7.89. The molecule has 9 heteroatoms. The number of carbonyl (C=O) groups is 1. The molecule has 1 amide bonds. The van der Waals surface area contributed by atoms with Crippen LogP contribution in [0.15, 0.2) is 47.8 Å². The largest absolute Gasteiger partial charge is 0.395 e. The van der Waals surface area contributed by atoms with Crippen LogP contribution < -0.4 is 5.32 Å². The van der Waals surface area contributed by atoms with E-state index in [1.807, 2.05) is 0 Å². The monoisotopic (exact) mass is 390 g/mol. The van der Waals surface area contributed by atoms with Gasteiger partial charge in [0.1, 0.15) is 0 Å². The third-order valence-corrected chi connectivity index (χ3v) is 6.47. The van der Waals surface area contributed by atoms with Crippen LogP contribution in [-0.2, 0) is 16.4 Å². The number of amides is 1. The second-order valence-corrected chi connectivity index (χ2v) is 8.22. The Morgan fingerprint density at radius 1 is 1.33 bits per heavy atom. The van der Waals surface area contributed by atoms with Gasteiger partial charge < -0.3 is 10.4 Å². The molecule has 0 aliphatic carbocycles. The lowest BCUT2D eigenvalue weighted by molar-refractivity contribution is 0.0954. The number of aromatic nitrogens is 2. The third kappa shape index (κ3) is 4.49. The van der Waals surface area contributed by atoms with Gasteiger partial charge in [-0.05, 0) is 31.0 Å². The van der Waals surface area contributed by atoms with E-state index in [9.17, 15) is 18.3 Å². The van der Waals surface area contributed by atoms with Crippen molar-refractivity contribution in [2.75, 3.05) is 19.7 Å². The summed E-state index contributed by atoms with van der Waals surface area (Å²) >= 11 is 0. The van der Waals surface area contributed by atoms with E-state index in [1.54, 1.807) is 30.7 Å². The van der Waals surface area contributed by atoms with Crippen LogP contribution >= 0.6 is 0 Å². The van der Waals surface area contributed by atoms with Gasteiger partial charge in [-0.2, -0.15) is 4.31 Å². The number of sulfonamides is 1. The fourth-order valence-corrected chi connectivity index (χ4v) is 4.84. The van der Waals surface area contributed by atoms with Crippen molar-refractivity contribution in [1.82, 2.24) is 19.6 Å². The second kappa shape index (κ2) is 8.55. The number of aliphatic hydroxyl groups excluding tert-OH is 1. The first kappa shape index (κ1) is 19.4. The highest BCUT2D eigenvalue weighted by Crippen LogP contribution is 2.26. The molecule has 1 aliphatic heterocycles. The van der Waals surface area contributed by atoms with Gasteiger partial charge in [0.25, 0.3) is 5.91 Å². The number of rotatable bonds is 7. The Morgan fingerprint density at radius 2 is 2.19 bits per heavy atom. The Balaban J connectivity index is 1.68. The van der Waals surface area contributed by atoms with Crippen LogP contribution in [0.5, 0.6) is 0 Å². The standard InChI is InChI=1S/C18H22N4O4S/c23-13-16-4-2-10-22(16)27(25,26)17-5-1-3-14(11-17)18(24)21-7-6-15-12-19-8-9-20-15/h1,3,5,8-9,11-12,16,23H,2,4,6-7,10,13H2,(H,21,24)/t16-/m1/s1. The van der Waals surface area contributed by atoms with E-state index in [-0.39, 0.29) is 23.0 Å². The van der Waals surface area contributed by atoms with E-state index >= 15 is 0 Å². The average molecular weight is 390 g/mol. The number of benzene rings is 1. The molecule has 0 saturated carbocycles. The number of hydrogen-bond acceptors (Lipinski definition) is 6. The van der Waals surface area contributed by atoms with Crippen molar-refractivity contribution < 1.29 is 18.3 Å². The summed E-state index contributed by atoms with van der Waals surface area (Å²) in [4.78, 5) is 20.5. The summed E-state index contributed by atoms with van der Waals surface area (Å²) in [7, 11) is -3.74. The van der Waals surface area contributed by atoms with Crippen LogP contribution in [0.1, 0.15) is 28.9 Å². The fourth-order valence-electron chi connectivity index (χ4n) is 3.11. The Kier molecular flexibility index (Phi) is 6.15. The van der Waals surface area contributed by atoms with Crippen molar-refractivity contribution >= 4 is 15.9 Å². The van der Waals surface area contributed by atoms with Crippen molar-refractivity contribution in [3.05, 3.63) is 54.1 Å². The zero-order valence-corrected chi connectivity index (χ0v) is 15.6. The lowest BCUT2D eigenvalue weighted by atomic mass is 10.2. The van der Waals surface area contributed by atoms with Gasteiger partial charge >= 0.3 is 0 Å². The number of nitrogens with one attached hydrogen (secondary N) is 1. The predicted octanol–water partition coefficient (Wildman–Crippen LogP) is 0.594. The van der Waals surface area contributed by atoms with Crippen LogP contribution in [0.4, 0.5) is 0 Å². The summed E-state index contributed by atoms with van der Waals surface area (Å²) in [6, 6.07) is 5.57. The summed E-state index contributed by atoms with van der Waals surface area (Å²) in [6.45, 7) is 0.539. The van der Waals surface area contributed by atoms with Crippen LogP contribution in [0, 0.1) is 0 Å². The zero-order chi connectivity index (χ0) is 19.3. The molecule has 1 atom stereocenters. The van der Waals surface area contributed by atoms with Gasteiger partial charge in [-0.3, -0.25) is 14.8 Å². The maximum absolute atomic E-state index is 12.8. The van der Waals surface area contributed by atoms with Crippen LogP contribution in [-0.4, -0.2) is 59.4 Å². The van der Waals surface area contributed by atoms with Crippen molar-refractivity contribution in [1.29, 1.82) is 0 Å². The molecule has 0 spiro atoms. The van der Waals surface area contributed by atoms with Gasteiger partial charge in [-0.25, -0.2) is 8.42 Å². The molecule has 0 unspecified atom stereocenters. The van der Waals surface area contributed by atoms with Crippen molar-refractivity contribution in [3.8, 4) is 0 Å². The molecule has 1 fully saturated rings. The first-order valence-corrected chi connectivity index (χ1v) is 10.2. The van der Waals surface area contributed by atoms with Gasteiger partial charge in [0.15, 0.2) is 0 Å². The lowest BCUT2D eigenvalue weighted by Gasteiger charge is -2.22. The van der Waals surface area contributed by atoms with Gasteiger partial charge in [-0.1, -0.05) is 6.07 Å². The summed E-state index contributed by atoms with van der Waals surface area (Å²) in [5.74, 6) is -0.351. The van der Waals surface area contributed by atoms with E-state index in [0.717, 1.165) is 5.69 Å². The highest BCUT2D eigenvalue weighted by atomic mass is 32.2. The number of aliphatic hydroxyl groups is 1. The van der Waals surface area contributed by atoms with E-state index in [4.69, 9.17) is 0 Å². The summed E-state index contributed by atoms with van der Waals surface area (Å²) in [5, 5.41) is 12.2. The minimum Gasteiger partial charge on any atom is -0.395 e. The van der Waals surface area contributed by atoms with Crippen LogP contribution in [0.3, 0.4) is 0 Å². The first-order valence-electron chi connectivity index (χ1n) is 8.78. The molecule has 1 aromatic heterocycles. The van der Waals surface area contributed by atoms with E-state index < -0.39 is 16.1 Å². The Morgan fingerprint density at radius 3 is 2.93 bits per heavy atom. The topological polar surface area (TPSA) is 112 Å². The van der Waals surface area contributed by atoms with Gasteiger partial charge in [0.2, 0.25) is 10.0 Å². The SMILES string of the molecule is O=C(NCCc1cnccn1)c1cccc(S(=O)(=O)N2CCC[C@@H]2CO)c1. The molecule has 8 nitrogen and oxygen atoms in total. The fraction of sp³-hybridized carbons (Fsp3) is 0.389. The molecule has 2 N–H and O–H groups in total. The van der Waals surface area contributed by atoms with Crippen molar-refractivity contribution in [3.63, 3.8) is 0 Å². The molecule has 3 rings (SSSR count). The molecular weight excluding hydrogens is 368 g/mol. The molecule has 27 heavy (non-hydrogen) atoms. The minimum atomic E-state index is -3.74. The maximum atomic E-state index is 12.8. The van der Waals surface area contributed by atoms with E-state index in [1.165, 1.54) is 16.4 Å². The summed E-state index contributed by atoms with van der Waals surface area (Å²) < 4.78 is 27.0. The van der Waals surface area contributed by atoms with Gasteiger partial charge in [0, 0.05) is 49.7 Å². The van der Waals surface area contributed by atoms with E-state index in [2.05, 4.69) is 15.3 Å². The molecule has 1 aromatic carbocycles. The Labute approximate surface area is 158 Å². The number of nitrogens with zero attached hydrogens (tertiary/aromatic N) is 3. The minimum absolute atomic E-state index is 0.0597. The normalized spacial score (nSPS) is 17.7. The molecule has 0 radical (unpaired) electrons. The third-order valence-electron chi connectivity index (χ3n) is 4.52. The van der Waals surface area contributed by atoms with Crippen molar-refractivity contribution in [2.24, 2.45) is 0 Å². The smallest absolute Gasteiger partial charge is 0.251 e. The average Bonchev–Trinajstić information content (AvgIpc) is 3.18. The molecule has 2 heterocycles. The summed E-state index contributed by atoms with van der Waals surface area (Å²) in [6.07, 6.45) is 6.68. The Bertz CT molecular complexity index is 889. The highest BCUT2D eigenvalue weighted by Gasteiger charge is 2.35. The molecule has 2 aromatic rings. The number of carbonyl (C=O) groups excluding carboxylic acids is 1. The molecule has 1 saturated heterocycles. The number of hydrogen-bond donors (Lipinski definition) is 2. The van der Waals surface area contributed by atoms with Gasteiger partial charge in [0.05, 0.1) is 17.2 Å². The van der Waals surface area contributed by atoms with Gasteiger partial charge in [-0.15, -0.1) is 0 Å². The molecule has 1 aliphatic rings. The van der Waals surface area contributed by atoms with E-state index in [0.29, 0.717) is 32.4 Å². The van der Waals surface area contributed by atoms with Crippen LogP contribution in [0.25, 0.3) is 0 Å². The first-order chi connectivity index (χ1) is 13.0. The molecular formula is C18H22N4O4S. The van der Waals surface area contributed by atoms with Crippen LogP contribution in [0.2, 0.25) is 0 Å². The Hall–Kier alpha value is -2.36. The lowest BCUT2D eigenvalue weighted by Crippen LogP contribution is -2.37. The predicted molar refractivity (Wildman–Crippen MR) is 98.5 cm³/mol.